The smallest absolute Gasteiger partial charge is 0.358 e. The molecule has 1 aliphatic rings. The van der Waals surface area contributed by atoms with Crippen LogP contribution < -0.4 is 15.7 Å². The van der Waals surface area contributed by atoms with E-state index in [1.165, 1.54) is 40.5 Å². The SMILES string of the molecule is CCc1cc2c(cc1CC)CC(C)(NC[C@H](O)c1ccc(O)c3c1ccc(=O)n3OC(=O)CO)C2. The highest BCUT2D eigenvalue weighted by atomic mass is 16.7. The molecule has 0 amide bonds. The molecule has 4 rings (SSSR count). The zero-order valence-electron chi connectivity index (χ0n) is 20.3. The Morgan fingerprint density at radius 3 is 2.31 bits per heavy atom. The van der Waals surface area contributed by atoms with Crippen molar-refractivity contribution in [1.82, 2.24) is 10.0 Å². The fourth-order valence-corrected chi connectivity index (χ4v) is 5.11. The number of benzene rings is 2. The zero-order valence-corrected chi connectivity index (χ0v) is 20.3. The molecule has 0 aliphatic heterocycles. The lowest BCUT2D eigenvalue weighted by Gasteiger charge is -2.27. The normalized spacial score (nSPS) is 15.2. The number of rotatable bonds is 8. The molecule has 3 aromatic rings. The van der Waals surface area contributed by atoms with Crippen LogP contribution in [0.5, 0.6) is 5.75 Å². The predicted molar refractivity (Wildman–Crippen MR) is 133 cm³/mol. The van der Waals surface area contributed by atoms with Crippen molar-refractivity contribution >= 4 is 16.9 Å². The lowest BCUT2D eigenvalue weighted by atomic mass is 9.97. The highest BCUT2D eigenvalue weighted by molar-refractivity contribution is 5.88. The largest absolute Gasteiger partial charge is 0.506 e. The Bertz CT molecular complexity index is 1300. The minimum Gasteiger partial charge on any atom is -0.506 e. The molecule has 2 aromatic carbocycles. The molecule has 8 heteroatoms. The number of aryl methyl sites for hydroxylation is 2. The Kier molecular flexibility index (Phi) is 6.98. The van der Waals surface area contributed by atoms with Crippen LogP contribution in [-0.4, -0.2) is 44.7 Å². The molecule has 1 aromatic heterocycles. The molecule has 0 unspecified atom stereocenters. The van der Waals surface area contributed by atoms with Crippen molar-refractivity contribution in [2.24, 2.45) is 0 Å². The number of nitrogens with zero attached hydrogens (tertiary/aromatic N) is 1. The van der Waals surface area contributed by atoms with E-state index in [2.05, 4.69) is 38.2 Å². The summed E-state index contributed by atoms with van der Waals surface area (Å²) in [6, 6.07) is 10.2. The maximum atomic E-state index is 12.3. The lowest BCUT2D eigenvalue weighted by Crippen LogP contribution is -2.45. The number of aromatic nitrogens is 1. The third-order valence-electron chi connectivity index (χ3n) is 6.87. The number of phenols is 1. The molecule has 1 heterocycles. The van der Waals surface area contributed by atoms with Crippen LogP contribution in [0.25, 0.3) is 10.9 Å². The Morgan fingerprint density at radius 1 is 1.11 bits per heavy atom. The van der Waals surface area contributed by atoms with Gasteiger partial charge in [0.15, 0.2) is 0 Å². The van der Waals surface area contributed by atoms with E-state index in [-0.39, 0.29) is 23.3 Å². The molecule has 1 atom stereocenters. The molecule has 0 saturated heterocycles. The standard InChI is InChI=1S/C27H32N2O6/c1-4-16-10-18-12-27(3,13-19(18)11-17(16)5-2)28-14-23(32)20-6-8-22(31)26-21(20)7-9-24(33)29(26)35-25(34)15-30/h6-11,23,28,30-32H,4-5,12-15H2,1-3H3/t23-/m0/s1. The first kappa shape index (κ1) is 24.9. The summed E-state index contributed by atoms with van der Waals surface area (Å²) in [5, 5.41) is 34.3. The summed E-state index contributed by atoms with van der Waals surface area (Å²) in [6.07, 6.45) is 2.78. The molecular formula is C27H32N2O6. The number of hydrogen-bond donors (Lipinski definition) is 4. The molecule has 0 fully saturated rings. The quantitative estimate of drug-likeness (QED) is 0.389. The third-order valence-corrected chi connectivity index (χ3v) is 6.87. The van der Waals surface area contributed by atoms with Crippen molar-refractivity contribution in [3.8, 4) is 5.75 Å². The summed E-state index contributed by atoms with van der Waals surface area (Å²) in [6.45, 7) is 5.83. The van der Waals surface area contributed by atoms with Crippen LogP contribution >= 0.6 is 0 Å². The van der Waals surface area contributed by atoms with Crippen LogP contribution in [0.2, 0.25) is 0 Å². The number of carbonyl (C=O) groups is 1. The molecule has 0 radical (unpaired) electrons. The first-order valence-electron chi connectivity index (χ1n) is 12.0. The first-order chi connectivity index (χ1) is 16.7. The summed E-state index contributed by atoms with van der Waals surface area (Å²) < 4.78 is 0.637. The second kappa shape index (κ2) is 9.81. The topological polar surface area (TPSA) is 121 Å². The minimum atomic E-state index is -1.04. The van der Waals surface area contributed by atoms with Gasteiger partial charge in [-0.1, -0.05) is 32.0 Å². The average molecular weight is 481 g/mol. The number of aliphatic hydroxyl groups excluding tert-OH is 2. The van der Waals surface area contributed by atoms with E-state index in [0.29, 0.717) is 15.7 Å². The Labute approximate surface area is 203 Å². The van der Waals surface area contributed by atoms with Gasteiger partial charge in [-0.25, -0.2) is 4.79 Å². The van der Waals surface area contributed by atoms with Crippen molar-refractivity contribution in [2.75, 3.05) is 13.2 Å². The van der Waals surface area contributed by atoms with Gasteiger partial charge >= 0.3 is 5.97 Å². The summed E-state index contributed by atoms with van der Waals surface area (Å²) in [4.78, 5) is 28.8. The van der Waals surface area contributed by atoms with Gasteiger partial charge in [-0.2, -0.15) is 0 Å². The number of aromatic hydroxyl groups is 1. The van der Waals surface area contributed by atoms with Gasteiger partial charge in [-0.05, 0) is 72.6 Å². The van der Waals surface area contributed by atoms with Crippen molar-refractivity contribution in [3.63, 3.8) is 0 Å². The van der Waals surface area contributed by atoms with E-state index in [4.69, 9.17) is 9.94 Å². The first-order valence-corrected chi connectivity index (χ1v) is 12.0. The van der Waals surface area contributed by atoms with Gasteiger partial charge in [0.05, 0.1) is 6.10 Å². The number of hydrogen-bond acceptors (Lipinski definition) is 7. The molecule has 35 heavy (non-hydrogen) atoms. The monoisotopic (exact) mass is 480 g/mol. The van der Waals surface area contributed by atoms with E-state index in [1.807, 2.05) is 0 Å². The van der Waals surface area contributed by atoms with Crippen LogP contribution in [0, 0.1) is 0 Å². The summed E-state index contributed by atoms with van der Waals surface area (Å²) >= 11 is 0. The number of nitrogens with one attached hydrogen (secondary N) is 1. The number of carbonyl (C=O) groups excluding carboxylic acids is 1. The molecule has 186 valence electrons. The zero-order chi connectivity index (χ0) is 25.3. The van der Waals surface area contributed by atoms with Gasteiger partial charge in [0.25, 0.3) is 5.56 Å². The summed E-state index contributed by atoms with van der Waals surface area (Å²) in [5.74, 6) is -1.33. The second-order valence-electron chi connectivity index (χ2n) is 9.43. The number of aliphatic hydroxyl groups is 2. The highest BCUT2D eigenvalue weighted by Crippen LogP contribution is 2.34. The van der Waals surface area contributed by atoms with Crippen molar-refractivity contribution in [3.05, 3.63) is 74.6 Å². The van der Waals surface area contributed by atoms with E-state index in [0.717, 1.165) is 25.7 Å². The molecule has 4 N–H and O–H groups in total. The van der Waals surface area contributed by atoms with Crippen molar-refractivity contribution in [2.45, 2.75) is 58.1 Å². The average Bonchev–Trinajstić information content (AvgIpc) is 3.18. The van der Waals surface area contributed by atoms with Crippen LogP contribution in [0.4, 0.5) is 0 Å². The van der Waals surface area contributed by atoms with Gasteiger partial charge in [0.2, 0.25) is 0 Å². The van der Waals surface area contributed by atoms with E-state index >= 15 is 0 Å². The number of pyridine rings is 1. The van der Waals surface area contributed by atoms with Crippen molar-refractivity contribution < 1.29 is 25.0 Å². The molecule has 0 saturated carbocycles. The number of β-amino-alcohol motifs (C(OH)–C–C–N with tert-alkyl or cyclic N) is 1. The number of fused-ring (bicyclic) bond motifs is 2. The van der Waals surface area contributed by atoms with Gasteiger partial charge in [0, 0.05) is 23.5 Å². The van der Waals surface area contributed by atoms with E-state index < -0.39 is 24.2 Å². The third kappa shape index (κ3) is 4.82. The van der Waals surface area contributed by atoms with Crippen LogP contribution in [0.1, 0.15) is 54.7 Å². The summed E-state index contributed by atoms with van der Waals surface area (Å²) in [5.41, 5.74) is 4.98. The van der Waals surface area contributed by atoms with Crippen LogP contribution in [0.15, 0.2) is 41.2 Å². The Hall–Kier alpha value is -3.20. The molecule has 0 spiro atoms. The highest BCUT2D eigenvalue weighted by Gasteiger charge is 2.33. The van der Waals surface area contributed by atoms with Crippen LogP contribution in [0.3, 0.4) is 0 Å². The fraction of sp³-hybridized carbons (Fsp3) is 0.407. The fourth-order valence-electron chi connectivity index (χ4n) is 5.11. The van der Waals surface area contributed by atoms with Gasteiger partial charge < -0.3 is 25.5 Å². The van der Waals surface area contributed by atoms with Crippen LogP contribution in [-0.2, 0) is 30.5 Å². The molecular weight excluding hydrogens is 448 g/mol. The van der Waals surface area contributed by atoms with Gasteiger partial charge in [-0.3, -0.25) is 4.79 Å². The summed E-state index contributed by atoms with van der Waals surface area (Å²) in [7, 11) is 0. The lowest BCUT2D eigenvalue weighted by molar-refractivity contribution is -0.147. The van der Waals surface area contributed by atoms with E-state index in [9.17, 15) is 19.8 Å². The molecule has 8 nitrogen and oxygen atoms in total. The Morgan fingerprint density at radius 2 is 1.74 bits per heavy atom. The van der Waals surface area contributed by atoms with Gasteiger partial charge in [0.1, 0.15) is 17.9 Å². The molecule has 0 bridgehead atoms. The predicted octanol–water partition coefficient (Wildman–Crippen LogP) is 1.96. The maximum Gasteiger partial charge on any atom is 0.358 e. The van der Waals surface area contributed by atoms with Gasteiger partial charge in [-0.15, -0.1) is 4.73 Å². The van der Waals surface area contributed by atoms with E-state index in [1.54, 1.807) is 6.07 Å². The number of phenolic OH excluding ortho intramolecular Hbond substituents is 1. The second-order valence-corrected chi connectivity index (χ2v) is 9.43. The maximum absolute atomic E-state index is 12.3. The minimum absolute atomic E-state index is 0.0467. The Balaban J connectivity index is 1.58. The van der Waals surface area contributed by atoms with Crippen molar-refractivity contribution in [1.29, 1.82) is 0 Å². The molecule has 1 aliphatic carbocycles.